The predicted molar refractivity (Wildman–Crippen MR) is 65.5 cm³/mol. The summed E-state index contributed by atoms with van der Waals surface area (Å²) < 4.78 is 0. The quantitative estimate of drug-likeness (QED) is 0.752. The lowest BCUT2D eigenvalue weighted by atomic mass is 10.0. The molecule has 2 N–H and O–H groups in total. The van der Waals surface area contributed by atoms with Gasteiger partial charge >= 0.3 is 5.97 Å². The standard InChI is InChI=1S/C13H20N2O3/c1-9(8-14)6-11(13(17)18)15-12(16)7-10-4-2-3-5-10/h9-11H,2-7H2,1H3,(H,15,16)(H,17,18)/t9-,11+/m0/s1. The highest BCUT2D eigenvalue weighted by molar-refractivity contribution is 5.83. The van der Waals surface area contributed by atoms with Gasteiger partial charge in [-0.3, -0.25) is 4.79 Å². The lowest BCUT2D eigenvalue weighted by molar-refractivity contribution is -0.142. The monoisotopic (exact) mass is 252 g/mol. The van der Waals surface area contributed by atoms with E-state index in [0.717, 1.165) is 25.7 Å². The second-order valence-corrected chi connectivity index (χ2v) is 5.08. The number of hydrogen-bond acceptors (Lipinski definition) is 3. The van der Waals surface area contributed by atoms with Crippen LogP contribution in [0.2, 0.25) is 0 Å². The summed E-state index contributed by atoms with van der Waals surface area (Å²) in [5.74, 6) is -1.26. The molecule has 18 heavy (non-hydrogen) atoms. The van der Waals surface area contributed by atoms with Crippen molar-refractivity contribution in [2.45, 2.75) is 51.5 Å². The molecule has 0 unspecified atom stereocenters. The zero-order chi connectivity index (χ0) is 13.5. The average Bonchev–Trinajstić information content (AvgIpc) is 2.80. The van der Waals surface area contributed by atoms with Gasteiger partial charge in [0.05, 0.1) is 6.07 Å². The molecule has 1 aliphatic rings. The molecule has 100 valence electrons. The second-order valence-electron chi connectivity index (χ2n) is 5.08. The molecule has 2 atom stereocenters. The van der Waals surface area contributed by atoms with Crippen LogP contribution in [-0.4, -0.2) is 23.0 Å². The van der Waals surface area contributed by atoms with E-state index >= 15 is 0 Å². The zero-order valence-corrected chi connectivity index (χ0v) is 10.7. The van der Waals surface area contributed by atoms with Crippen LogP contribution in [0.25, 0.3) is 0 Å². The Kier molecular flexibility index (Phi) is 5.63. The maximum absolute atomic E-state index is 11.7. The van der Waals surface area contributed by atoms with Crippen molar-refractivity contribution in [3.05, 3.63) is 0 Å². The molecule has 1 aliphatic carbocycles. The first-order chi connectivity index (χ1) is 8.52. The normalized spacial score (nSPS) is 18.9. The van der Waals surface area contributed by atoms with Gasteiger partial charge in [-0.05, 0) is 32.1 Å². The van der Waals surface area contributed by atoms with Crippen molar-refractivity contribution in [2.75, 3.05) is 0 Å². The van der Waals surface area contributed by atoms with Crippen molar-refractivity contribution in [3.63, 3.8) is 0 Å². The third-order valence-corrected chi connectivity index (χ3v) is 3.39. The number of hydrogen-bond donors (Lipinski definition) is 2. The molecule has 0 bridgehead atoms. The van der Waals surface area contributed by atoms with Crippen LogP contribution in [-0.2, 0) is 9.59 Å². The molecule has 1 fully saturated rings. The van der Waals surface area contributed by atoms with E-state index in [9.17, 15) is 9.59 Å². The number of carbonyl (C=O) groups excluding carboxylic acids is 1. The van der Waals surface area contributed by atoms with Gasteiger partial charge in [-0.15, -0.1) is 0 Å². The van der Waals surface area contributed by atoms with Crippen molar-refractivity contribution in [1.29, 1.82) is 5.26 Å². The molecule has 0 aromatic rings. The number of rotatable bonds is 6. The molecule has 0 heterocycles. The number of amides is 1. The van der Waals surface area contributed by atoms with Crippen molar-refractivity contribution >= 4 is 11.9 Å². The maximum atomic E-state index is 11.7. The molecule has 5 nitrogen and oxygen atoms in total. The fraction of sp³-hybridized carbons (Fsp3) is 0.769. The van der Waals surface area contributed by atoms with Gasteiger partial charge in [0, 0.05) is 12.3 Å². The highest BCUT2D eigenvalue weighted by atomic mass is 16.4. The van der Waals surface area contributed by atoms with Crippen molar-refractivity contribution < 1.29 is 14.7 Å². The minimum absolute atomic E-state index is 0.155. The molecular weight excluding hydrogens is 232 g/mol. The number of nitrogens with one attached hydrogen (secondary N) is 1. The molecule has 1 amide bonds. The van der Waals surface area contributed by atoms with Gasteiger partial charge in [-0.2, -0.15) is 5.26 Å². The van der Waals surface area contributed by atoms with E-state index in [4.69, 9.17) is 10.4 Å². The van der Waals surface area contributed by atoms with E-state index in [-0.39, 0.29) is 18.2 Å². The minimum Gasteiger partial charge on any atom is -0.480 e. The largest absolute Gasteiger partial charge is 0.480 e. The first kappa shape index (κ1) is 14.5. The topological polar surface area (TPSA) is 90.2 Å². The molecule has 0 saturated heterocycles. The van der Waals surface area contributed by atoms with Crippen LogP contribution in [0, 0.1) is 23.2 Å². The lowest BCUT2D eigenvalue weighted by Gasteiger charge is -2.16. The van der Waals surface area contributed by atoms with Crippen LogP contribution in [0.4, 0.5) is 0 Å². The highest BCUT2D eigenvalue weighted by Gasteiger charge is 2.24. The van der Waals surface area contributed by atoms with E-state index in [1.165, 1.54) is 0 Å². The van der Waals surface area contributed by atoms with Gasteiger partial charge in [-0.25, -0.2) is 4.79 Å². The van der Waals surface area contributed by atoms with E-state index in [1.807, 2.05) is 6.07 Å². The third-order valence-electron chi connectivity index (χ3n) is 3.39. The van der Waals surface area contributed by atoms with Crippen LogP contribution >= 0.6 is 0 Å². The van der Waals surface area contributed by atoms with Crippen molar-refractivity contribution in [3.8, 4) is 6.07 Å². The van der Waals surface area contributed by atoms with Gasteiger partial charge in [0.1, 0.15) is 6.04 Å². The smallest absolute Gasteiger partial charge is 0.326 e. The summed E-state index contributed by atoms with van der Waals surface area (Å²) in [6.07, 6.45) is 4.99. The Morgan fingerprint density at radius 3 is 2.56 bits per heavy atom. The van der Waals surface area contributed by atoms with Crippen molar-refractivity contribution in [2.24, 2.45) is 11.8 Å². The highest BCUT2D eigenvalue weighted by Crippen LogP contribution is 2.27. The molecule has 0 radical (unpaired) electrons. The Morgan fingerprint density at radius 2 is 2.06 bits per heavy atom. The van der Waals surface area contributed by atoms with Crippen molar-refractivity contribution in [1.82, 2.24) is 5.32 Å². The summed E-state index contributed by atoms with van der Waals surface area (Å²) >= 11 is 0. The summed E-state index contributed by atoms with van der Waals surface area (Å²) in [7, 11) is 0. The molecule has 1 saturated carbocycles. The molecule has 5 heteroatoms. The summed E-state index contributed by atoms with van der Waals surface area (Å²) in [6.45, 7) is 1.65. The first-order valence-corrected chi connectivity index (χ1v) is 6.44. The minimum atomic E-state index is -1.07. The third kappa shape index (κ3) is 4.74. The Balaban J connectivity index is 2.42. The summed E-state index contributed by atoms with van der Waals surface area (Å²) in [5.41, 5.74) is 0. The summed E-state index contributed by atoms with van der Waals surface area (Å²) in [4.78, 5) is 22.7. The Labute approximate surface area is 107 Å². The Hall–Kier alpha value is -1.57. The summed E-state index contributed by atoms with van der Waals surface area (Å²) in [5, 5.41) is 20.2. The number of nitriles is 1. The number of carboxylic acids is 1. The van der Waals surface area contributed by atoms with Gasteiger partial charge in [0.25, 0.3) is 0 Å². The van der Waals surface area contributed by atoms with E-state index in [1.54, 1.807) is 6.92 Å². The molecule has 0 aromatic heterocycles. The molecule has 0 aromatic carbocycles. The fourth-order valence-corrected chi connectivity index (χ4v) is 2.36. The van der Waals surface area contributed by atoms with Gasteiger partial charge < -0.3 is 10.4 Å². The molecular formula is C13H20N2O3. The number of carboxylic acid groups (broad SMARTS) is 1. The first-order valence-electron chi connectivity index (χ1n) is 6.44. The maximum Gasteiger partial charge on any atom is 0.326 e. The summed E-state index contributed by atoms with van der Waals surface area (Å²) in [6, 6.07) is 1.03. The van der Waals surface area contributed by atoms with Gasteiger partial charge in [-0.1, -0.05) is 12.8 Å². The predicted octanol–water partition coefficient (Wildman–Crippen LogP) is 1.69. The molecule has 0 aliphatic heterocycles. The van der Waals surface area contributed by atoms with Gasteiger partial charge in [0.2, 0.25) is 5.91 Å². The van der Waals surface area contributed by atoms with E-state index < -0.39 is 12.0 Å². The van der Waals surface area contributed by atoms with E-state index in [2.05, 4.69) is 5.32 Å². The number of aliphatic carboxylic acids is 1. The lowest BCUT2D eigenvalue weighted by Crippen LogP contribution is -2.42. The molecule has 0 spiro atoms. The average molecular weight is 252 g/mol. The van der Waals surface area contributed by atoms with Crippen LogP contribution in [0.15, 0.2) is 0 Å². The Morgan fingerprint density at radius 1 is 1.44 bits per heavy atom. The molecule has 1 rings (SSSR count). The van der Waals surface area contributed by atoms with Crippen LogP contribution in [0.5, 0.6) is 0 Å². The number of nitrogens with zero attached hydrogens (tertiary/aromatic N) is 1. The number of carbonyl (C=O) groups is 2. The fourth-order valence-electron chi connectivity index (χ4n) is 2.36. The zero-order valence-electron chi connectivity index (χ0n) is 10.7. The second kappa shape index (κ2) is 7.00. The van der Waals surface area contributed by atoms with Crippen LogP contribution in [0.1, 0.15) is 45.4 Å². The SMILES string of the molecule is C[C@H](C#N)C[C@@H](NC(=O)CC1CCCC1)C(=O)O. The van der Waals surface area contributed by atoms with E-state index in [0.29, 0.717) is 12.3 Å². The van der Waals surface area contributed by atoms with Crippen LogP contribution < -0.4 is 5.32 Å². The van der Waals surface area contributed by atoms with Crippen LogP contribution in [0.3, 0.4) is 0 Å². The van der Waals surface area contributed by atoms with Gasteiger partial charge in [0.15, 0.2) is 0 Å². The Bertz CT molecular complexity index is 343.